The highest BCUT2D eigenvalue weighted by Crippen LogP contribution is 2.27. The first-order valence-electron chi connectivity index (χ1n) is 8.98. The van der Waals surface area contributed by atoms with E-state index in [-0.39, 0.29) is 11.7 Å². The van der Waals surface area contributed by atoms with E-state index in [9.17, 15) is 9.18 Å². The van der Waals surface area contributed by atoms with Gasteiger partial charge in [0.2, 0.25) is 5.91 Å². The van der Waals surface area contributed by atoms with E-state index in [1.807, 2.05) is 0 Å². The summed E-state index contributed by atoms with van der Waals surface area (Å²) in [5, 5.41) is 0. The molecule has 1 fully saturated rings. The Kier molecular flexibility index (Phi) is 7.18. The van der Waals surface area contributed by atoms with E-state index in [4.69, 9.17) is 5.73 Å². The fraction of sp³-hybridized carbons (Fsp3) is 0.632. The normalized spacial score (nSPS) is 18.0. The van der Waals surface area contributed by atoms with Crippen LogP contribution in [-0.4, -0.2) is 48.9 Å². The van der Waals surface area contributed by atoms with Crippen LogP contribution in [0.4, 0.5) is 4.39 Å². The summed E-state index contributed by atoms with van der Waals surface area (Å²) in [5.41, 5.74) is 6.41. The summed E-state index contributed by atoms with van der Waals surface area (Å²) in [7, 11) is 2.19. The predicted molar refractivity (Wildman–Crippen MR) is 95.0 cm³/mol. The zero-order chi connectivity index (χ0) is 17.5. The summed E-state index contributed by atoms with van der Waals surface area (Å²) in [6, 6.07) is 5.65. The van der Waals surface area contributed by atoms with Gasteiger partial charge in [0, 0.05) is 6.54 Å². The van der Waals surface area contributed by atoms with Crippen LogP contribution < -0.4 is 5.73 Å². The molecule has 1 saturated heterocycles. The molecule has 24 heavy (non-hydrogen) atoms. The third-order valence-electron chi connectivity index (χ3n) is 4.93. The minimum Gasteiger partial charge on any atom is -0.368 e. The summed E-state index contributed by atoms with van der Waals surface area (Å²) in [4.78, 5) is 16.5. The lowest BCUT2D eigenvalue weighted by molar-refractivity contribution is -0.124. The van der Waals surface area contributed by atoms with Crippen LogP contribution in [0, 0.1) is 11.7 Å². The van der Waals surface area contributed by atoms with Crippen LogP contribution >= 0.6 is 0 Å². The second-order valence-corrected chi connectivity index (χ2v) is 6.95. The molecule has 0 bridgehead atoms. The molecule has 1 aliphatic rings. The van der Waals surface area contributed by atoms with Gasteiger partial charge in [-0.25, -0.2) is 4.39 Å². The zero-order valence-electron chi connectivity index (χ0n) is 14.9. The molecule has 1 amide bonds. The average molecular weight is 335 g/mol. The van der Waals surface area contributed by atoms with Gasteiger partial charge in [-0.3, -0.25) is 9.69 Å². The molecule has 1 heterocycles. The van der Waals surface area contributed by atoms with Gasteiger partial charge < -0.3 is 10.6 Å². The van der Waals surface area contributed by atoms with E-state index in [1.54, 1.807) is 12.1 Å². The molecule has 0 radical (unpaired) electrons. The van der Waals surface area contributed by atoms with Gasteiger partial charge in [-0.15, -0.1) is 0 Å². The molecule has 0 aliphatic carbocycles. The summed E-state index contributed by atoms with van der Waals surface area (Å²) >= 11 is 0. The van der Waals surface area contributed by atoms with E-state index < -0.39 is 6.04 Å². The Balaban J connectivity index is 1.91. The van der Waals surface area contributed by atoms with Crippen molar-refractivity contribution in [1.29, 1.82) is 0 Å². The number of benzene rings is 1. The van der Waals surface area contributed by atoms with E-state index in [0.29, 0.717) is 5.92 Å². The number of hydrogen-bond donors (Lipinski definition) is 1. The predicted octanol–water partition coefficient (Wildman–Crippen LogP) is 2.80. The maximum absolute atomic E-state index is 13.1. The highest BCUT2D eigenvalue weighted by Gasteiger charge is 2.30. The molecule has 4 nitrogen and oxygen atoms in total. The summed E-state index contributed by atoms with van der Waals surface area (Å²) in [6.45, 7) is 6.20. The fourth-order valence-corrected chi connectivity index (χ4v) is 3.55. The number of hydrogen-bond acceptors (Lipinski definition) is 3. The van der Waals surface area contributed by atoms with Crippen molar-refractivity contribution >= 4 is 5.91 Å². The number of nitrogens with two attached hydrogens (primary N) is 1. The molecule has 134 valence electrons. The quantitative estimate of drug-likeness (QED) is 0.795. The first kappa shape index (κ1) is 18.9. The standard InChI is InChI=1S/C19H30FN3O/c1-3-4-11-22(2)14-15-9-12-23(13-10-15)18(19(21)24)16-5-7-17(20)8-6-16/h5-8,15,18H,3-4,9-14H2,1-2H3,(H2,21,24)/t18-/m0/s1. The summed E-state index contributed by atoms with van der Waals surface area (Å²) in [6.07, 6.45) is 4.60. The highest BCUT2D eigenvalue weighted by molar-refractivity contribution is 5.81. The van der Waals surface area contributed by atoms with E-state index >= 15 is 0 Å². The number of unbranched alkanes of at least 4 members (excludes halogenated alkanes) is 1. The molecule has 0 spiro atoms. The second kappa shape index (κ2) is 9.14. The van der Waals surface area contributed by atoms with Crippen LogP contribution in [0.2, 0.25) is 0 Å². The van der Waals surface area contributed by atoms with Gasteiger partial charge in [-0.2, -0.15) is 0 Å². The molecular weight excluding hydrogens is 305 g/mol. The number of carbonyl (C=O) groups excluding carboxylic acids is 1. The lowest BCUT2D eigenvalue weighted by atomic mass is 9.93. The van der Waals surface area contributed by atoms with Crippen LogP contribution in [0.15, 0.2) is 24.3 Å². The van der Waals surface area contributed by atoms with E-state index in [0.717, 1.165) is 44.6 Å². The smallest absolute Gasteiger partial charge is 0.239 e. The van der Waals surface area contributed by atoms with Crippen molar-refractivity contribution in [2.24, 2.45) is 11.7 Å². The lowest BCUT2D eigenvalue weighted by Crippen LogP contribution is -2.44. The number of piperidine rings is 1. The summed E-state index contributed by atoms with van der Waals surface area (Å²) in [5.74, 6) is 0.0146. The van der Waals surface area contributed by atoms with Crippen LogP contribution in [0.25, 0.3) is 0 Å². The minimum atomic E-state index is -0.454. The topological polar surface area (TPSA) is 49.6 Å². The van der Waals surface area contributed by atoms with Gasteiger partial charge in [0.15, 0.2) is 0 Å². The van der Waals surface area contributed by atoms with E-state index in [1.165, 1.54) is 25.0 Å². The average Bonchev–Trinajstić information content (AvgIpc) is 2.56. The molecule has 1 aliphatic heterocycles. The largest absolute Gasteiger partial charge is 0.368 e. The van der Waals surface area contributed by atoms with Crippen molar-refractivity contribution in [2.45, 2.75) is 38.6 Å². The van der Waals surface area contributed by atoms with Gasteiger partial charge in [0.1, 0.15) is 11.9 Å². The maximum atomic E-state index is 13.1. The second-order valence-electron chi connectivity index (χ2n) is 6.95. The van der Waals surface area contributed by atoms with Crippen molar-refractivity contribution in [3.63, 3.8) is 0 Å². The molecule has 1 aromatic carbocycles. The Morgan fingerprint density at radius 2 is 1.96 bits per heavy atom. The number of halogens is 1. The molecular formula is C19H30FN3O. The van der Waals surface area contributed by atoms with Gasteiger partial charge in [0.05, 0.1) is 0 Å². The molecule has 2 N–H and O–H groups in total. The van der Waals surface area contributed by atoms with Gasteiger partial charge in [0.25, 0.3) is 0 Å². The Labute approximate surface area is 144 Å². The molecule has 0 saturated carbocycles. The van der Waals surface area contributed by atoms with Crippen LogP contribution in [0.3, 0.4) is 0 Å². The molecule has 1 aromatic rings. The van der Waals surface area contributed by atoms with Crippen LogP contribution in [-0.2, 0) is 4.79 Å². The SMILES string of the molecule is CCCCN(C)CC1CCN([C@H](C(N)=O)c2ccc(F)cc2)CC1. The number of nitrogens with zero attached hydrogens (tertiary/aromatic N) is 2. The summed E-state index contributed by atoms with van der Waals surface area (Å²) < 4.78 is 13.1. The maximum Gasteiger partial charge on any atom is 0.239 e. The fourth-order valence-electron chi connectivity index (χ4n) is 3.55. The number of likely N-dealkylation sites (tertiary alicyclic amines) is 1. The van der Waals surface area contributed by atoms with Crippen molar-refractivity contribution < 1.29 is 9.18 Å². The zero-order valence-corrected chi connectivity index (χ0v) is 14.9. The van der Waals surface area contributed by atoms with Gasteiger partial charge in [-0.05, 0) is 69.6 Å². The minimum absolute atomic E-state index is 0.296. The van der Waals surface area contributed by atoms with Gasteiger partial charge in [-0.1, -0.05) is 25.5 Å². The highest BCUT2D eigenvalue weighted by atomic mass is 19.1. The number of primary amides is 1. The monoisotopic (exact) mass is 335 g/mol. The third kappa shape index (κ3) is 5.28. The molecule has 0 aromatic heterocycles. The van der Waals surface area contributed by atoms with Gasteiger partial charge >= 0.3 is 0 Å². The first-order valence-corrected chi connectivity index (χ1v) is 8.98. The number of amides is 1. The van der Waals surface area contributed by atoms with Crippen LogP contribution in [0.5, 0.6) is 0 Å². The number of rotatable bonds is 8. The Hall–Kier alpha value is -1.46. The molecule has 0 unspecified atom stereocenters. The Morgan fingerprint density at radius 1 is 1.33 bits per heavy atom. The van der Waals surface area contributed by atoms with Crippen molar-refractivity contribution in [3.8, 4) is 0 Å². The van der Waals surface area contributed by atoms with Crippen molar-refractivity contribution in [2.75, 3.05) is 33.2 Å². The van der Waals surface area contributed by atoms with E-state index in [2.05, 4.69) is 23.8 Å². The Bertz CT molecular complexity index is 512. The Morgan fingerprint density at radius 3 is 2.50 bits per heavy atom. The lowest BCUT2D eigenvalue weighted by Gasteiger charge is -2.37. The number of carbonyl (C=O) groups is 1. The molecule has 2 rings (SSSR count). The first-order chi connectivity index (χ1) is 11.5. The van der Waals surface area contributed by atoms with Crippen LogP contribution in [0.1, 0.15) is 44.2 Å². The third-order valence-corrected chi connectivity index (χ3v) is 4.93. The molecule has 5 heteroatoms. The van der Waals surface area contributed by atoms with Crippen molar-refractivity contribution in [3.05, 3.63) is 35.6 Å². The van der Waals surface area contributed by atoms with Crippen molar-refractivity contribution in [1.82, 2.24) is 9.80 Å². The molecule has 1 atom stereocenters.